The van der Waals surface area contributed by atoms with Crippen molar-refractivity contribution >= 4 is 11.9 Å². The number of nitrogens with zero attached hydrogens (tertiary/aromatic N) is 1. The lowest BCUT2D eigenvalue weighted by atomic mass is 10.1. The summed E-state index contributed by atoms with van der Waals surface area (Å²) in [6.45, 7) is 0. The van der Waals surface area contributed by atoms with Crippen molar-refractivity contribution in [2.45, 2.75) is 12.2 Å². The van der Waals surface area contributed by atoms with E-state index in [0.29, 0.717) is 0 Å². The number of ether oxygens (including phenoxy) is 1. The molecule has 0 radical (unpaired) electrons. The van der Waals surface area contributed by atoms with Crippen LogP contribution in [0.1, 0.15) is 22.2 Å². The van der Waals surface area contributed by atoms with Crippen molar-refractivity contribution in [1.82, 2.24) is 4.98 Å². The molecule has 2 atom stereocenters. The maximum absolute atomic E-state index is 11.1. The molecule has 1 aromatic heterocycles. The minimum absolute atomic E-state index is 0.0314. The first-order valence-corrected chi connectivity index (χ1v) is 4.67. The Morgan fingerprint density at radius 1 is 1.41 bits per heavy atom. The number of esters is 1. The van der Waals surface area contributed by atoms with E-state index in [1.54, 1.807) is 0 Å². The van der Waals surface area contributed by atoms with Gasteiger partial charge in [0.2, 0.25) is 5.91 Å². The van der Waals surface area contributed by atoms with Crippen LogP contribution in [-0.4, -0.2) is 40.3 Å². The van der Waals surface area contributed by atoms with Crippen LogP contribution >= 0.6 is 0 Å². The topological polar surface area (TPSA) is 123 Å². The fraction of sp³-hybridized carbons (Fsp3) is 0.300. The van der Waals surface area contributed by atoms with E-state index in [9.17, 15) is 19.8 Å². The summed E-state index contributed by atoms with van der Waals surface area (Å²) in [5.41, 5.74) is 5.05. The van der Waals surface area contributed by atoms with Gasteiger partial charge in [0, 0.05) is 6.20 Å². The van der Waals surface area contributed by atoms with Crippen LogP contribution in [0.5, 0.6) is 0 Å². The molecule has 1 amide bonds. The van der Waals surface area contributed by atoms with Crippen molar-refractivity contribution in [2.24, 2.45) is 5.73 Å². The Balaban J connectivity index is 2.87. The van der Waals surface area contributed by atoms with Crippen LogP contribution in [0.3, 0.4) is 0 Å². The molecule has 0 fully saturated rings. The van der Waals surface area contributed by atoms with Crippen molar-refractivity contribution in [3.05, 3.63) is 29.6 Å². The highest BCUT2D eigenvalue weighted by molar-refractivity contribution is 5.88. The molecule has 7 heteroatoms. The number of carbonyl (C=O) groups excluding carboxylic acids is 2. The molecule has 0 bridgehead atoms. The highest BCUT2D eigenvalue weighted by Gasteiger charge is 2.24. The van der Waals surface area contributed by atoms with Gasteiger partial charge in [0.15, 0.2) is 6.10 Å². The maximum Gasteiger partial charge on any atom is 0.339 e. The van der Waals surface area contributed by atoms with Gasteiger partial charge >= 0.3 is 5.97 Å². The standard InChI is InChI=1S/C10H12N2O5/c1-17-10(16)5-2-3-6(12-4-5)7(13)8(14)9(11)15/h2-4,7-8,13-14H,1H3,(H2,11,15). The van der Waals surface area contributed by atoms with Crippen LogP contribution in [0.2, 0.25) is 0 Å². The third-order valence-electron chi connectivity index (χ3n) is 2.10. The molecule has 0 aliphatic rings. The van der Waals surface area contributed by atoms with Gasteiger partial charge in [0.05, 0.1) is 18.4 Å². The first kappa shape index (κ1) is 13.1. The molecular weight excluding hydrogens is 228 g/mol. The Hall–Kier alpha value is -1.99. The van der Waals surface area contributed by atoms with Crippen LogP contribution in [0.4, 0.5) is 0 Å². The van der Waals surface area contributed by atoms with E-state index in [2.05, 4.69) is 9.72 Å². The summed E-state index contributed by atoms with van der Waals surface area (Å²) in [6.07, 6.45) is -2.11. The first-order chi connectivity index (χ1) is 7.97. The number of rotatable bonds is 4. The highest BCUT2D eigenvalue weighted by Crippen LogP contribution is 2.14. The van der Waals surface area contributed by atoms with Crippen molar-refractivity contribution in [2.75, 3.05) is 7.11 Å². The molecule has 0 aliphatic carbocycles. The molecule has 0 saturated carbocycles. The molecule has 1 aromatic rings. The minimum Gasteiger partial charge on any atom is -0.465 e. The number of nitrogens with two attached hydrogens (primary N) is 1. The Labute approximate surface area is 96.8 Å². The van der Waals surface area contributed by atoms with Gasteiger partial charge in [0.1, 0.15) is 6.10 Å². The number of aromatic nitrogens is 1. The molecule has 92 valence electrons. The van der Waals surface area contributed by atoms with E-state index in [0.717, 1.165) is 6.20 Å². The molecule has 0 spiro atoms. The molecule has 17 heavy (non-hydrogen) atoms. The zero-order valence-electron chi connectivity index (χ0n) is 9.03. The number of aliphatic hydroxyl groups is 2. The predicted octanol–water partition coefficient (Wildman–Crippen LogP) is -1.25. The van der Waals surface area contributed by atoms with Crippen molar-refractivity contribution in [3.8, 4) is 0 Å². The van der Waals surface area contributed by atoms with E-state index in [1.165, 1.54) is 19.2 Å². The smallest absolute Gasteiger partial charge is 0.339 e. The van der Waals surface area contributed by atoms with E-state index in [-0.39, 0.29) is 11.3 Å². The van der Waals surface area contributed by atoms with Crippen LogP contribution in [0.15, 0.2) is 18.3 Å². The van der Waals surface area contributed by atoms with Gasteiger partial charge in [-0.25, -0.2) is 4.79 Å². The summed E-state index contributed by atoms with van der Waals surface area (Å²) >= 11 is 0. The van der Waals surface area contributed by atoms with E-state index in [1.807, 2.05) is 0 Å². The largest absolute Gasteiger partial charge is 0.465 e. The summed E-state index contributed by atoms with van der Waals surface area (Å²) in [4.78, 5) is 25.5. The molecule has 0 aliphatic heterocycles. The lowest BCUT2D eigenvalue weighted by molar-refractivity contribution is -0.132. The second-order valence-electron chi connectivity index (χ2n) is 3.26. The number of amides is 1. The monoisotopic (exact) mass is 240 g/mol. The number of primary amides is 1. The maximum atomic E-state index is 11.1. The highest BCUT2D eigenvalue weighted by atomic mass is 16.5. The summed E-state index contributed by atoms with van der Waals surface area (Å²) in [7, 11) is 1.22. The van der Waals surface area contributed by atoms with Gasteiger partial charge < -0.3 is 20.7 Å². The Morgan fingerprint density at radius 2 is 2.06 bits per heavy atom. The summed E-state index contributed by atoms with van der Waals surface area (Å²) < 4.78 is 4.46. The zero-order valence-corrected chi connectivity index (χ0v) is 9.03. The fourth-order valence-corrected chi connectivity index (χ4v) is 1.14. The number of aliphatic hydroxyl groups excluding tert-OH is 2. The number of hydrogen-bond donors (Lipinski definition) is 3. The zero-order chi connectivity index (χ0) is 13.0. The number of hydrogen-bond acceptors (Lipinski definition) is 6. The molecular formula is C10H12N2O5. The van der Waals surface area contributed by atoms with E-state index >= 15 is 0 Å². The van der Waals surface area contributed by atoms with Crippen molar-refractivity contribution in [1.29, 1.82) is 0 Å². The van der Waals surface area contributed by atoms with Gasteiger partial charge in [-0.2, -0.15) is 0 Å². The second-order valence-corrected chi connectivity index (χ2v) is 3.26. The van der Waals surface area contributed by atoms with E-state index in [4.69, 9.17) is 5.73 Å². The normalized spacial score (nSPS) is 13.8. The number of carbonyl (C=O) groups is 2. The number of pyridine rings is 1. The summed E-state index contributed by atoms with van der Waals surface area (Å²) in [5, 5.41) is 18.7. The third kappa shape index (κ3) is 2.99. The predicted molar refractivity (Wildman–Crippen MR) is 55.7 cm³/mol. The molecule has 0 aromatic carbocycles. The van der Waals surface area contributed by atoms with Gasteiger partial charge in [-0.15, -0.1) is 0 Å². The van der Waals surface area contributed by atoms with Crippen molar-refractivity contribution < 1.29 is 24.5 Å². The third-order valence-corrected chi connectivity index (χ3v) is 2.10. The lowest BCUT2D eigenvalue weighted by Crippen LogP contribution is -2.34. The van der Waals surface area contributed by atoms with Gasteiger partial charge in [-0.1, -0.05) is 0 Å². The van der Waals surface area contributed by atoms with Crippen LogP contribution in [0, 0.1) is 0 Å². The fourth-order valence-electron chi connectivity index (χ4n) is 1.14. The van der Waals surface area contributed by atoms with Crippen LogP contribution in [0.25, 0.3) is 0 Å². The van der Waals surface area contributed by atoms with Crippen LogP contribution < -0.4 is 5.73 Å². The molecule has 1 rings (SSSR count). The summed E-state index contributed by atoms with van der Waals surface area (Å²) in [6, 6.07) is 2.65. The average molecular weight is 240 g/mol. The second kappa shape index (κ2) is 5.37. The quantitative estimate of drug-likeness (QED) is 0.565. The Morgan fingerprint density at radius 3 is 2.47 bits per heavy atom. The molecule has 4 N–H and O–H groups in total. The number of methoxy groups -OCH3 is 1. The summed E-state index contributed by atoms with van der Waals surface area (Å²) in [5.74, 6) is -1.63. The molecule has 0 saturated heterocycles. The minimum atomic E-state index is -1.74. The lowest BCUT2D eigenvalue weighted by Gasteiger charge is -2.14. The first-order valence-electron chi connectivity index (χ1n) is 4.67. The van der Waals surface area contributed by atoms with Crippen LogP contribution in [-0.2, 0) is 9.53 Å². The SMILES string of the molecule is COC(=O)c1ccc(C(O)C(O)C(N)=O)nc1. The van der Waals surface area contributed by atoms with Crippen molar-refractivity contribution in [3.63, 3.8) is 0 Å². The molecule has 1 heterocycles. The Bertz CT molecular complexity index is 417. The van der Waals surface area contributed by atoms with Gasteiger partial charge in [0.25, 0.3) is 0 Å². The average Bonchev–Trinajstić information content (AvgIpc) is 2.36. The molecule has 7 nitrogen and oxygen atoms in total. The molecule has 2 unspecified atom stereocenters. The van der Waals surface area contributed by atoms with E-state index < -0.39 is 24.1 Å². The van der Waals surface area contributed by atoms with Gasteiger partial charge in [-0.05, 0) is 12.1 Å². The van der Waals surface area contributed by atoms with Gasteiger partial charge in [-0.3, -0.25) is 9.78 Å². The Kier molecular flexibility index (Phi) is 4.13.